The predicted octanol–water partition coefficient (Wildman–Crippen LogP) is 2.15. The molecule has 1 aliphatic rings. The molecule has 7 heteroatoms. The topological polar surface area (TPSA) is 89.7 Å². The van der Waals surface area contributed by atoms with Crippen LogP contribution < -0.4 is 5.32 Å². The molecule has 2 aromatic heterocycles. The number of rotatable bonds is 6. The molecule has 0 saturated carbocycles. The Morgan fingerprint density at radius 1 is 1.19 bits per heavy atom. The average Bonchev–Trinajstić information content (AvgIpc) is 3.35. The summed E-state index contributed by atoms with van der Waals surface area (Å²) in [5.41, 5.74) is 5.77. The molecule has 140 valence electrons. The van der Waals surface area contributed by atoms with Crippen LogP contribution in [0.1, 0.15) is 33.9 Å². The van der Waals surface area contributed by atoms with Gasteiger partial charge in [-0.15, -0.1) is 0 Å². The van der Waals surface area contributed by atoms with Gasteiger partial charge in [-0.1, -0.05) is 30.3 Å². The zero-order valence-electron chi connectivity index (χ0n) is 15.5. The first-order chi connectivity index (χ1) is 13.2. The molecule has 4 rings (SSSR count). The Balaban J connectivity index is 1.32. The maximum absolute atomic E-state index is 12.7. The Bertz CT molecular complexity index is 914. The Kier molecular flexibility index (Phi) is 5.02. The molecule has 1 aromatic carbocycles. The molecule has 0 fully saturated rings. The molecule has 7 nitrogen and oxygen atoms in total. The molecule has 3 heterocycles. The fraction of sp³-hybridized carbons (Fsp3) is 0.350. The van der Waals surface area contributed by atoms with Crippen LogP contribution in [-0.2, 0) is 19.4 Å². The molecule has 0 aliphatic carbocycles. The van der Waals surface area contributed by atoms with Gasteiger partial charge in [-0.25, -0.2) is 0 Å². The Morgan fingerprint density at radius 3 is 2.89 bits per heavy atom. The zero-order valence-corrected chi connectivity index (χ0v) is 15.5. The van der Waals surface area contributed by atoms with E-state index in [1.807, 2.05) is 37.4 Å². The summed E-state index contributed by atoms with van der Waals surface area (Å²) in [6, 6.07) is 12.2. The standard InChI is InChI=1S/C20H24N6O/c1-26(20(27)19-16-13-21-10-9-17(16)23-25-19)11-5-8-15-12-18(24-22-15)14-6-3-2-4-7-14/h2-4,6-7,12,21H,5,8-11,13H2,1H3,(H,22,24)(H,23,25). The summed E-state index contributed by atoms with van der Waals surface area (Å²) in [6.07, 6.45) is 2.60. The van der Waals surface area contributed by atoms with Gasteiger partial charge in [0.25, 0.3) is 5.91 Å². The molecule has 1 aliphatic heterocycles. The molecule has 0 saturated heterocycles. The molecule has 0 radical (unpaired) electrons. The van der Waals surface area contributed by atoms with E-state index in [0.29, 0.717) is 18.8 Å². The van der Waals surface area contributed by atoms with Crippen molar-refractivity contribution < 1.29 is 4.79 Å². The minimum atomic E-state index is -0.0224. The number of hydrogen-bond acceptors (Lipinski definition) is 4. The second-order valence-electron chi connectivity index (χ2n) is 6.93. The lowest BCUT2D eigenvalue weighted by Crippen LogP contribution is -2.31. The van der Waals surface area contributed by atoms with Crippen molar-refractivity contribution in [1.82, 2.24) is 30.6 Å². The number of aromatic nitrogens is 4. The summed E-state index contributed by atoms with van der Waals surface area (Å²) in [4.78, 5) is 14.5. The van der Waals surface area contributed by atoms with Crippen LogP contribution in [0.5, 0.6) is 0 Å². The molecule has 0 atom stereocenters. The van der Waals surface area contributed by atoms with Gasteiger partial charge in [0.05, 0.1) is 5.69 Å². The number of aromatic amines is 2. The first-order valence-electron chi connectivity index (χ1n) is 9.34. The van der Waals surface area contributed by atoms with Gasteiger partial charge in [0.2, 0.25) is 0 Å². The minimum absolute atomic E-state index is 0.0224. The third kappa shape index (κ3) is 3.78. The third-order valence-electron chi connectivity index (χ3n) is 5.00. The first kappa shape index (κ1) is 17.5. The number of H-pyrrole nitrogens is 2. The highest BCUT2D eigenvalue weighted by Gasteiger charge is 2.23. The van der Waals surface area contributed by atoms with Crippen molar-refractivity contribution in [2.45, 2.75) is 25.8 Å². The molecule has 3 aromatic rings. The number of amides is 1. The van der Waals surface area contributed by atoms with Crippen LogP contribution in [0.15, 0.2) is 36.4 Å². The first-order valence-corrected chi connectivity index (χ1v) is 9.34. The van der Waals surface area contributed by atoms with E-state index in [-0.39, 0.29) is 5.91 Å². The quantitative estimate of drug-likeness (QED) is 0.625. The van der Waals surface area contributed by atoms with Crippen molar-refractivity contribution in [1.29, 1.82) is 0 Å². The summed E-state index contributed by atoms with van der Waals surface area (Å²) in [5.74, 6) is -0.0224. The van der Waals surface area contributed by atoms with E-state index in [0.717, 1.165) is 54.0 Å². The summed E-state index contributed by atoms with van der Waals surface area (Å²) < 4.78 is 0. The number of nitrogens with one attached hydrogen (secondary N) is 3. The van der Waals surface area contributed by atoms with E-state index in [2.05, 4.69) is 31.8 Å². The molecule has 0 unspecified atom stereocenters. The van der Waals surface area contributed by atoms with Gasteiger partial charge < -0.3 is 10.2 Å². The second-order valence-corrected chi connectivity index (χ2v) is 6.93. The molecule has 27 heavy (non-hydrogen) atoms. The summed E-state index contributed by atoms with van der Waals surface area (Å²) in [7, 11) is 1.84. The smallest absolute Gasteiger partial charge is 0.274 e. The second kappa shape index (κ2) is 7.75. The van der Waals surface area contributed by atoms with Crippen LogP contribution in [0.4, 0.5) is 0 Å². The number of benzene rings is 1. The van der Waals surface area contributed by atoms with E-state index < -0.39 is 0 Å². The lowest BCUT2D eigenvalue weighted by Gasteiger charge is -2.18. The fourth-order valence-electron chi connectivity index (χ4n) is 3.44. The zero-order chi connectivity index (χ0) is 18.6. The van der Waals surface area contributed by atoms with Crippen molar-refractivity contribution in [3.05, 3.63) is 59.0 Å². The number of carbonyl (C=O) groups is 1. The van der Waals surface area contributed by atoms with Crippen LogP contribution in [-0.4, -0.2) is 51.3 Å². The lowest BCUT2D eigenvalue weighted by molar-refractivity contribution is 0.0786. The van der Waals surface area contributed by atoms with Gasteiger partial charge in [0, 0.05) is 55.6 Å². The van der Waals surface area contributed by atoms with Crippen LogP contribution in [0.25, 0.3) is 11.3 Å². The summed E-state index contributed by atoms with van der Waals surface area (Å²) in [5, 5.41) is 18.0. The van der Waals surface area contributed by atoms with E-state index in [4.69, 9.17) is 0 Å². The van der Waals surface area contributed by atoms with Gasteiger partial charge in [0.1, 0.15) is 0 Å². The molecule has 3 N–H and O–H groups in total. The van der Waals surface area contributed by atoms with Gasteiger partial charge in [-0.3, -0.25) is 15.0 Å². The van der Waals surface area contributed by atoms with Gasteiger partial charge in [-0.2, -0.15) is 10.2 Å². The monoisotopic (exact) mass is 364 g/mol. The maximum atomic E-state index is 12.7. The normalized spacial score (nSPS) is 13.4. The van der Waals surface area contributed by atoms with Crippen molar-refractivity contribution >= 4 is 5.91 Å². The Morgan fingerprint density at radius 2 is 2.04 bits per heavy atom. The number of aryl methyl sites for hydroxylation is 1. The van der Waals surface area contributed by atoms with Gasteiger partial charge in [0.15, 0.2) is 5.69 Å². The molecular weight excluding hydrogens is 340 g/mol. The number of nitrogens with zero attached hydrogens (tertiary/aromatic N) is 3. The molecule has 0 bridgehead atoms. The lowest BCUT2D eigenvalue weighted by atomic mass is 10.1. The van der Waals surface area contributed by atoms with Crippen molar-refractivity contribution in [2.75, 3.05) is 20.1 Å². The molecule has 1 amide bonds. The van der Waals surface area contributed by atoms with Crippen LogP contribution >= 0.6 is 0 Å². The summed E-state index contributed by atoms with van der Waals surface area (Å²) >= 11 is 0. The average molecular weight is 364 g/mol. The fourth-order valence-corrected chi connectivity index (χ4v) is 3.44. The Hall–Kier alpha value is -2.93. The minimum Gasteiger partial charge on any atom is -0.340 e. The van der Waals surface area contributed by atoms with Gasteiger partial charge in [-0.05, 0) is 18.9 Å². The molecule has 0 spiro atoms. The predicted molar refractivity (Wildman–Crippen MR) is 103 cm³/mol. The Labute approximate surface area is 158 Å². The number of fused-ring (bicyclic) bond motifs is 1. The number of hydrogen-bond donors (Lipinski definition) is 3. The van der Waals surface area contributed by atoms with E-state index in [9.17, 15) is 4.79 Å². The highest BCUT2D eigenvalue weighted by Crippen LogP contribution is 2.18. The molecular formula is C20H24N6O. The third-order valence-corrected chi connectivity index (χ3v) is 5.00. The highest BCUT2D eigenvalue weighted by atomic mass is 16.2. The van der Waals surface area contributed by atoms with Crippen molar-refractivity contribution in [3.63, 3.8) is 0 Å². The van der Waals surface area contributed by atoms with Gasteiger partial charge >= 0.3 is 0 Å². The van der Waals surface area contributed by atoms with E-state index in [1.54, 1.807) is 4.90 Å². The van der Waals surface area contributed by atoms with Crippen molar-refractivity contribution in [2.24, 2.45) is 0 Å². The van der Waals surface area contributed by atoms with E-state index in [1.165, 1.54) is 0 Å². The highest BCUT2D eigenvalue weighted by molar-refractivity contribution is 5.93. The van der Waals surface area contributed by atoms with Crippen LogP contribution in [0.3, 0.4) is 0 Å². The number of carbonyl (C=O) groups excluding carboxylic acids is 1. The van der Waals surface area contributed by atoms with Crippen LogP contribution in [0, 0.1) is 0 Å². The maximum Gasteiger partial charge on any atom is 0.274 e. The largest absolute Gasteiger partial charge is 0.340 e. The SMILES string of the molecule is CN(CCCc1cc(-c2ccccc2)n[nH]1)C(=O)c1n[nH]c2c1CNCC2. The van der Waals surface area contributed by atoms with Crippen molar-refractivity contribution in [3.8, 4) is 11.3 Å². The van der Waals surface area contributed by atoms with Crippen LogP contribution in [0.2, 0.25) is 0 Å². The summed E-state index contributed by atoms with van der Waals surface area (Å²) in [6.45, 7) is 2.30. The van der Waals surface area contributed by atoms with E-state index >= 15 is 0 Å².